The molecule has 6 heteroatoms. The first kappa shape index (κ1) is 19.9. The van der Waals surface area contributed by atoms with Gasteiger partial charge < -0.3 is 15.4 Å². The Morgan fingerprint density at radius 2 is 2.09 bits per heavy atom. The smallest absolute Gasteiger partial charge is 0.191 e. The molecule has 5 nitrogen and oxygen atoms in total. The average molecular weight is 341 g/mol. The summed E-state index contributed by atoms with van der Waals surface area (Å²) in [5.74, 6) is 1.47. The summed E-state index contributed by atoms with van der Waals surface area (Å²) in [6.45, 7) is 14.7. The van der Waals surface area contributed by atoms with Gasteiger partial charge in [0.05, 0.1) is 10.7 Å². The van der Waals surface area contributed by atoms with E-state index in [0.717, 1.165) is 57.3 Å². The van der Waals surface area contributed by atoms with Crippen LogP contribution < -0.4 is 10.6 Å². The number of ether oxygens (including phenoxy) is 1. The van der Waals surface area contributed by atoms with E-state index in [1.807, 2.05) is 0 Å². The highest BCUT2D eigenvalue weighted by Gasteiger charge is 2.04. The molecule has 0 radical (unpaired) electrons. The van der Waals surface area contributed by atoms with E-state index >= 15 is 0 Å². The normalized spacial score (nSPS) is 12.0. The molecule has 2 N–H and O–H groups in total. The Morgan fingerprint density at radius 3 is 2.70 bits per heavy atom. The van der Waals surface area contributed by atoms with Gasteiger partial charge in [0.2, 0.25) is 0 Å². The van der Waals surface area contributed by atoms with Crippen molar-refractivity contribution in [3.63, 3.8) is 0 Å². The second-order valence-electron chi connectivity index (χ2n) is 6.01. The molecule has 23 heavy (non-hydrogen) atoms. The largest absolute Gasteiger partial charge is 0.381 e. The van der Waals surface area contributed by atoms with E-state index in [9.17, 15) is 0 Å². The van der Waals surface area contributed by atoms with Crippen molar-refractivity contribution >= 4 is 17.3 Å². The van der Waals surface area contributed by atoms with Crippen LogP contribution in [0.5, 0.6) is 0 Å². The van der Waals surface area contributed by atoms with Crippen LogP contribution in [0.25, 0.3) is 0 Å². The van der Waals surface area contributed by atoms with Gasteiger partial charge in [-0.15, -0.1) is 11.3 Å². The van der Waals surface area contributed by atoms with Gasteiger partial charge in [0.15, 0.2) is 5.96 Å². The van der Waals surface area contributed by atoms with Crippen molar-refractivity contribution in [2.45, 2.75) is 47.5 Å². The quantitative estimate of drug-likeness (QED) is 0.391. The van der Waals surface area contributed by atoms with Crippen LogP contribution in [0, 0.1) is 19.8 Å². The van der Waals surface area contributed by atoms with E-state index in [2.05, 4.69) is 55.2 Å². The molecule has 0 atom stereocenters. The lowest BCUT2D eigenvalue weighted by Gasteiger charge is -2.11. The molecule has 0 unspecified atom stereocenters. The summed E-state index contributed by atoms with van der Waals surface area (Å²) in [5, 5.41) is 7.83. The van der Waals surface area contributed by atoms with E-state index in [4.69, 9.17) is 4.74 Å². The van der Waals surface area contributed by atoms with Crippen LogP contribution in [0.3, 0.4) is 0 Å². The lowest BCUT2D eigenvalue weighted by Crippen LogP contribution is -2.38. The molecule has 1 aromatic heterocycles. The monoisotopic (exact) mass is 340 g/mol. The van der Waals surface area contributed by atoms with Crippen molar-refractivity contribution in [3.8, 4) is 0 Å². The number of aromatic nitrogens is 1. The highest BCUT2D eigenvalue weighted by molar-refractivity contribution is 7.11. The summed E-state index contributed by atoms with van der Waals surface area (Å²) < 4.78 is 5.57. The van der Waals surface area contributed by atoms with Gasteiger partial charge in [-0.25, -0.2) is 4.98 Å². The molecule has 0 aliphatic heterocycles. The number of rotatable bonds is 10. The number of aryl methyl sites for hydroxylation is 2. The van der Waals surface area contributed by atoms with Crippen molar-refractivity contribution in [3.05, 3.63) is 15.6 Å². The first-order valence-corrected chi connectivity index (χ1v) is 9.37. The Bertz CT molecular complexity index is 452. The molecule has 132 valence electrons. The molecule has 1 rings (SSSR count). The van der Waals surface area contributed by atoms with Gasteiger partial charge in [-0.2, -0.15) is 0 Å². The molecule has 1 aromatic rings. The Hall–Kier alpha value is -1.14. The maximum atomic E-state index is 5.57. The lowest BCUT2D eigenvalue weighted by atomic mass is 10.2. The number of nitrogens with one attached hydrogen (secondary N) is 2. The summed E-state index contributed by atoms with van der Waals surface area (Å²) in [4.78, 5) is 10.5. The third kappa shape index (κ3) is 8.91. The number of hydrogen-bond acceptors (Lipinski definition) is 4. The molecular formula is C17H32N4OS. The summed E-state index contributed by atoms with van der Waals surface area (Å²) in [7, 11) is 0. The summed E-state index contributed by atoms with van der Waals surface area (Å²) >= 11 is 1.78. The predicted octanol–water partition coefficient (Wildman–Crippen LogP) is 2.92. The van der Waals surface area contributed by atoms with Gasteiger partial charge in [0.25, 0.3) is 0 Å². The van der Waals surface area contributed by atoms with Crippen molar-refractivity contribution < 1.29 is 4.74 Å². The highest BCUT2D eigenvalue weighted by atomic mass is 32.1. The van der Waals surface area contributed by atoms with E-state index in [1.54, 1.807) is 11.3 Å². The first-order valence-electron chi connectivity index (χ1n) is 8.55. The molecule has 1 heterocycles. The van der Waals surface area contributed by atoms with Crippen molar-refractivity contribution in [2.24, 2.45) is 10.9 Å². The third-order valence-corrected chi connectivity index (χ3v) is 4.35. The number of nitrogens with zero attached hydrogens (tertiary/aromatic N) is 2. The van der Waals surface area contributed by atoms with Crippen LogP contribution in [-0.4, -0.2) is 43.8 Å². The average Bonchev–Trinajstić information content (AvgIpc) is 2.81. The first-order chi connectivity index (χ1) is 11.0. The van der Waals surface area contributed by atoms with E-state index in [0.29, 0.717) is 5.92 Å². The molecule has 0 spiro atoms. The Kier molecular flexibility index (Phi) is 9.87. The third-order valence-electron chi connectivity index (χ3n) is 3.22. The molecule has 0 saturated carbocycles. The van der Waals surface area contributed by atoms with Crippen molar-refractivity contribution in [1.29, 1.82) is 0 Å². The molecule has 0 saturated heterocycles. The molecule has 0 aliphatic carbocycles. The van der Waals surface area contributed by atoms with Gasteiger partial charge >= 0.3 is 0 Å². The summed E-state index contributed by atoms with van der Waals surface area (Å²) in [6, 6.07) is 0. The Morgan fingerprint density at radius 1 is 1.30 bits per heavy atom. The van der Waals surface area contributed by atoms with Crippen molar-refractivity contribution in [1.82, 2.24) is 15.6 Å². The number of thiazole rings is 1. The zero-order valence-electron chi connectivity index (χ0n) is 15.2. The predicted molar refractivity (Wildman–Crippen MR) is 99.5 cm³/mol. The van der Waals surface area contributed by atoms with Crippen LogP contribution in [-0.2, 0) is 11.2 Å². The standard InChI is InChI=1S/C17H32N4OS/c1-6-18-17(19-9-7-11-22-12-13(2)3)20-10-8-16-21-14(4)15(5)23-16/h13H,6-12H2,1-5H3,(H2,18,19,20). The van der Waals surface area contributed by atoms with Gasteiger partial charge in [0, 0.05) is 44.1 Å². The van der Waals surface area contributed by atoms with Gasteiger partial charge in [-0.1, -0.05) is 13.8 Å². The minimum atomic E-state index is 0.593. The Balaban J connectivity index is 2.26. The fourth-order valence-electron chi connectivity index (χ4n) is 1.95. The molecular weight excluding hydrogens is 308 g/mol. The van der Waals surface area contributed by atoms with Gasteiger partial charge in [-0.05, 0) is 33.1 Å². The van der Waals surface area contributed by atoms with Crippen LogP contribution in [0.2, 0.25) is 0 Å². The molecule has 0 fully saturated rings. The zero-order chi connectivity index (χ0) is 17.1. The summed E-state index contributed by atoms with van der Waals surface area (Å²) in [5.41, 5.74) is 1.15. The highest BCUT2D eigenvalue weighted by Crippen LogP contribution is 2.16. The minimum absolute atomic E-state index is 0.593. The number of guanidine groups is 1. The maximum Gasteiger partial charge on any atom is 0.191 e. The van der Waals surface area contributed by atoms with Gasteiger partial charge in [0.1, 0.15) is 0 Å². The van der Waals surface area contributed by atoms with Crippen LogP contribution >= 0.6 is 11.3 Å². The lowest BCUT2D eigenvalue weighted by molar-refractivity contribution is 0.109. The SMILES string of the molecule is CCNC(=NCCCOCC(C)C)NCCc1nc(C)c(C)s1. The fourth-order valence-corrected chi connectivity index (χ4v) is 2.89. The second kappa shape index (κ2) is 11.4. The topological polar surface area (TPSA) is 58.5 Å². The zero-order valence-corrected chi connectivity index (χ0v) is 16.1. The number of aliphatic imine (C=N–C) groups is 1. The van der Waals surface area contributed by atoms with E-state index in [1.165, 1.54) is 9.88 Å². The molecule has 0 bridgehead atoms. The van der Waals surface area contributed by atoms with Crippen LogP contribution in [0.15, 0.2) is 4.99 Å². The van der Waals surface area contributed by atoms with Crippen LogP contribution in [0.1, 0.15) is 42.8 Å². The van der Waals surface area contributed by atoms with Gasteiger partial charge in [-0.3, -0.25) is 4.99 Å². The van der Waals surface area contributed by atoms with Crippen molar-refractivity contribution in [2.75, 3.05) is 32.8 Å². The molecule has 0 aromatic carbocycles. The Labute approximate surface area is 145 Å². The minimum Gasteiger partial charge on any atom is -0.381 e. The second-order valence-corrected chi connectivity index (χ2v) is 7.30. The molecule has 0 aliphatic rings. The van der Waals surface area contributed by atoms with Crippen LogP contribution in [0.4, 0.5) is 0 Å². The number of hydrogen-bond donors (Lipinski definition) is 2. The maximum absolute atomic E-state index is 5.57. The fraction of sp³-hybridized carbons (Fsp3) is 0.765. The van der Waals surface area contributed by atoms with E-state index < -0.39 is 0 Å². The van der Waals surface area contributed by atoms with E-state index in [-0.39, 0.29) is 0 Å². The summed E-state index contributed by atoms with van der Waals surface area (Å²) in [6.07, 6.45) is 1.88. The molecule has 0 amide bonds.